The molecule has 0 saturated heterocycles. The summed E-state index contributed by atoms with van der Waals surface area (Å²) in [6, 6.07) is 6.96. The summed E-state index contributed by atoms with van der Waals surface area (Å²) in [7, 11) is -3.23. The molecule has 1 aromatic heterocycles. The van der Waals surface area contributed by atoms with Crippen molar-refractivity contribution in [1.29, 1.82) is 0 Å². The van der Waals surface area contributed by atoms with Crippen LogP contribution in [0, 0.1) is 0 Å². The normalized spacial score (nSPS) is 13.6. The third kappa shape index (κ3) is 4.62. The minimum absolute atomic E-state index is 0.109. The van der Waals surface area contributed by atoms with E-state index in [9.17, 15) is 8.42 Å². The van der Waals surface area contributed by atoms with Crippen LogP contribution in [0.1, 0.15) is 79.1 Å². The van der Waals surface area contributed by atoms with Gasteiger partial charge in [-0.15, -0.1) is 5.10 Å². The van der Waals surface area contributed by atoms with Crippen LogP contribution in [-0.2, 0) is 26.1 Å². The first kappa shape index (κ1) is 22.5. The Morgan fingerprint density at radius 1 is 0.679 bits per heavy atom. The van der Waals surface area contributed by atoms with Crippen molar-refractivity contribution in [1.82, 2.24) is 10.2 Å². The molecule has 0 fully saturated rings. The summed E-state index contributed by atoms with van der Waals surface area (Å²) in [6.45, 7) is 19.7. The quantitative estimate of drug-likeness (QED) is 0.671. The van der Waals surface area contributed by atoms with Crippen LogP contribution in [-0.4, -0.2) is 24.9 Å². The molecule has 0 aliphatic carbocycles. The van der Waals surface area contributed by atoms with Crippen molar-refractivity contribution in [2.24, 2.45) is 0 Å². The van der Waals surface area contributed by atoms with Gasteiger partial charge in [-0.3, -0.25) is 0 Å². The van der Waals surface area contributed by atoms with Gasteiger partial charge in [-0.25, -0.2) is 8.42 Å². The Bertz CT molecular complexity index is 969. The van der Waals surface area contributed by atoms with Gasteiger partial charge < -0.3 is 0 Å². The Morgan fingerprint density at radius 2 is 1.14 bits per heavy atom. The van der Waals surface area contributed by atoms with Gasteiger partial charge in [0.05, 0.1) is 16.3 Å². The minimum atomic E-state index is -3.23. The predicted octanol–water partition coefficient (Wildman–Crippen LogP) is 5.44. The van der Waals surface area contributed by atoms with Crippen LogP contribution in [0.15, 0.2) is 29.2 Å². The van der Waals surface area contributed by atoms with E-state index in [1.807, 2.05) is 12.1 Å². The number of hydrogen-bond acceptors (Lipinski definition) is 4. The van der Waals surface area contributed by atoms with E-state index in [0.717, 1.165) is 17.0 Å². The summed E-state index contributed by atoms with van der Waals surface area (Å²) in [6.07, 6.45) is 1.22. The van der Waals surface area contributed by atoms with Crippen molar-refractivity contribution in [3.63, 3.8) is 0 Å². The van der Waals surface area contributed by atoms with Crippen molar-refractivity contribution in [2.45, 2.75) is 83.5 Å². The van der Waals surface area contributed by atoms with Crippen molar-refractivity contribution >= 4 is 9.84 Å². The molecular weight excluding hydrogens is 368 g/mol. The molecular formula is C23H34N2O2S. The minimum Gasteiger partial charge on any atom is -0.224 e. The van der Waals surface area contributed by atoms with E-state index in [2.05, 4.69) is 72.5 Å². The zero-order valence-electron chi connectivity index (χ0n) is 18.9. The molecule has 0 unspecified atom stereocenters. The first-order chi connectivity index (χ1) is 12.4. The standard InChI is InChI=1S/C23H34N2O2S/c1-21(2,3)17-18(22(4,5)6)20(23(7,8)9)25-24-19(17)15-11-13-16(14-12-15)28(10,26)27/h11-14H,1-10H3. The van der Waals surface area contributed by atoms with Gasteiger partial charge in [-0.2, -0.15) is 5.10 Å². The maximum Gasteiger partial charge on any atom is 0.175 e. The van der Waals surface area contributed by atoms with Crippen LogP contribution in [0.4, 0.5) is 0 Å². The van der Waals surface area contributed by atoms with Crippen LogP contribution in [0.5, 0.6) is 0 Å². The summed E-state index contributed by atoms with van der Waals surface area (Å²) in [5.74, 6) is 0. The second-order valence-electron chi connectivity index (χ2n) is 10.7. The number of hydrogen-bond donors (Lipinski definition) is 0. The number of sulfone groups is 1. The number of rotatable bonds is 2. The average Bonchev–Trinajstić information content (AvgIpc) is 2.50. The second kappa shape index (κ2) is 6.94. The predicted molar refractivity (Wildman–Crippen MR) is 117 cm³/mol. The Morgan fingerprint density at radius 3 is 1.50 bits per heavy atom. The van der Waals surface area contributed by atoms with Crippen molar-refractivity contribution in [2.75, 3.05) is 6.26 Å². The monoisotopic (exact) mass is 402 g/mol. The van der Waals surface area contributed by atoms with E-state index in [4.69, 9.17) is 0 Å². The van der Waals surface area contributed by atoms with Gasteiger partial charge in [0.25, 0.3) is 0 Å². The van der Waals surface area contributed by atoms with Gasteiger partial charge in [-0.05, 0) is 34.1 Å². The van der Waals surface area contributed by atoms with Gasteiger partial charge >= 0.3 is 0 Å². The fraction of sp³-hybridized carbons (Fsp3) is 0.565. The lowest BCUT2D eigenvalue weighted by molar-refractivity contribution is 0.478. The summed E-state index contributed by atoms with van der Waals surface area (Å²) in [5.41, 5.74) is 4.74. The summed E-state index contributed by atoms with van der Waals surface area (Å²) in [5, 5.41) is 9.32. The zero-order chi connectivity index (χ0) is 21.7. The molecule has 0 atom stereocenters. The Hall–Kier alpha value is -1.75. The van der Waals surface area contributed by atoms with Crippen LogP contribution >= 0.6 is 0 Å². The average molecular weight is 403 g/mol. The van der Waals surface area contributed by atoms with Crippen LogP contribution < -0.4 is 0 Å². The fourth-order valence-corrected chi connectivity index (χ4v) is 4.11. The topological polar surface area (TPSA) is 59.9 Å². The molecule has 28 heavy (non-hydrogen) atoms. The van der Waals surface area contributed by atoms with E-state index in [-0.39, 0.29) is 16.2 Å². The highest BCUT2D eigenvalue weighted by Gasteiger charge is 2.35. The maximum absolute atomic E-state index is 11.8. The third-order valence-electron chi connectivity index (χ3n) is 4.74. The zero-order valence-corrected chi connectivity index (χ0v) is 19.7. The van der Waals surface area contributed by atoms with Gasteiger partial charge in [0.15, 0.2) is 9.84 Å². The van der Waals surface area contributed by atoms with Crippen molar-refractivity contribution in [3.8, 4) is 11.3 Å². The lowest BCUT2D eigenvalue weighted by Gasteiger charge is -2.36. The highest BCUT2D eigenvalue weighted by atomic mass is 32.2. The third-order valence-corrected chi connectivity index (χ3v) is 5.87. The lowest BCUT2D eigenvalue weighted by Crippen LogP contribution is -2.31. The molecule has 0 amide bonds. The molecule has 1 aromatic carbocycles. The Kier molecular flexibility index (Phi) is 5.59. The molecule has 154 valence electrons. The maximum atomic E-state index is 11.8. The molecule has 0 aliphatic rings. The smallest absolute Gasteiger partial charge is 0.175 e. The van der Waals surface area contributed by atoms with Crippen LogP contribution in [0.3, 0.4) is 0 Å². The van der Waals surface area contributed by atoms with Gasteiger partial charge in [-0.1, -0.05) is 74.4 Å². The lowest BCUT2D eigenvalue weighted by atomic mass is 9.70. The van der Waals surface area contributed by atoms with E-state index in [0.29, 0.717) is 4.90 Å². The number of nitrogens with zero attached hydrogens (tertiary/aromatic N) is 2. The van der Waals surface area contributed by atoms with Crippen molar-refractivity contribution < 1.29 is 8.42 Å². The SMILES string of the molecule is CC(C)(C)c1nnc(-c2ccc(S(C)(=O)=O)cc2)c(C(C)(C)C)c1C(C)(C)C. The Balaban J connectivity index is 2.90. The molecule has 2 aromatic rings. The van der Waals surface area contributed by atoms with E-state index in [1.165, 1.54) is 17.4 Å². The van der Waals surface area contributed by atoms with Gasteiger partial charge in [0.2, 0.25) is 0 Å². The highest BCUT2D eigenvalue weighted by molar-refractivity contribution is 7.90. The molecule has 1 heterocycles. The van der Waals surface area contributed by atoms with Crippen LogP contribution in [0.25, 0.3) is 11.3 Å². The van der Waals surface area contributed by atoms with Crippen LogP contribution in [0.2, 0.25) is 0 Å². The fourth-order valence-electron chi connectivity index (χ4n) is 3.48. The highest BCUT2D eigenvalue weighted by Crippen LogP contribution is 2.43. The molecule has 4 nitrogen and oxygen atoms in total. The molecule has 0 aliphatic heterocycles. The molecule has 0 saturated carbocycles. The summed E-state index contributed by atoms with van der Waals surface area (Å²) >= 11 is 0. The first-order valence-corrected chi connectivity index (χ1v) is 11.6. The second-order valence-corrected chi connectivity index (χ2v) is 12.7. The Labute approximate surface area is 170 Å². The largest absolute Gasteiger partial charge is 0.224 e. The molecule has 0 radical (unpaired) electrons. The first-order valence-electron chi connectivity index (χ1n) is 9.66. The van der Waals surface area contributed by atoms with E-state index < -0.39 is 9.84 Å². The summed E-state index contributed by atoms with van der Waals surface area (Å²) < 4.78 is 23.6. The number of benzene rings is 1. The molecule has 0 N–H and O–H groups in total. The van der Waals surface area contributed by atoms with Gasteiger partial charge in [0.1, 0.15) is 0 Å². The summed E-state index contributed by atoms with van der Waals surface area (Å²) in [4.78, 5) is 0.309. The van der Waals surface area contributed by atoms with E-state index in [1.54, 1.807) is 12.1 Å². The molecule has 0 bridgehead atoms. The molecule has 2 rings (SSSR count). The van der Waals surface area contributed by atoms with Gasteiger partial charge in [0, 0.05) is 17.2 Å². The molecule has 0 spiro atoms. The van der Waals surface area contributed by atoms with Crippen molar-refractivity contribution in [3.05, 3.63) is 41.1 Å². The molecule has 5 heteroatoms. The van der Waals surface area contributed by atoms with E-state index >= 15 is 0 Å². The number of aromatic nitrogens is 2.